The molecule has 9 heteroatoms. The number of hydrogen-bond donors (Lipinski definition) is 2. The van der Waals surface area contributed by atoms with Gasteiger partial charge in [0.25, 0.3) is 0 Å². The third-order valence-corrected chi connectivity index (χ3v) is 5.80. The Labute approximate surface area is 181 Å². The molecular formula is C21H17ClN4O3S. The molecule has 0 spiro atoms. The number of esters is 1. The molecule has 152 valence electrons. The number of carbonyl (C=O) groups is 1. The Morgan fingerprint density at radius 2 is 2.00 bits per heavy atom. The normalized spacial score (nSPS) is 10.9. The van der Waals surface area contributed by atoms with Crippen LogP contribution in [0.1, 0.15) is 27.7 Å². The summed E-state index contributed by atoms with van der Waals surface area (Å²) in [6, 6.07) is 14.3. The summed E-state index contributed by atoms with van der Waals surface area (Å²) in [7, 11) is 0. The van der Waals surface area contributed by atoms with Crippen molar-refractivity contribution in [2.24, 2.45) is 0 Å². The van der Waals surface area contributed by atoms with Gasteiger partial charge in [-0.15, -0.1) is 16.4 Å². The van der Waals surface area contributed by atoms with Crippen LogP contribution in [0.5, 0.6) is 5.75 Å². The number of phenolic OH excluding ortho intramolecular Hbond substituents is 1. The average molecular weight is 441 g/mol. The first kappa shape index (κ1) is 20.1. The van der Waals surface area contributed by atoms with Crippen LogP contribution in [0, 0.1) is 0 Å². The number of H-pyrrole nitrogens is 1. The van der Waals surface area contributed by atoms with Crippen LogP contribution in [0.3, 0.4) is 0 Å². The number of tetrazole rings is 1. The minimum Gasteiger partial charge on any atom is -0.508 e. The highest BCUT2D eigenvalue weighted by Crippen LogP contribution is 2.38. The fourth-order valence-electron chi connectivity index (χ4n) is 3.07. The largest absolute Gasteiger partial charge is 0.508 e. The third-order valence-electron chi connectivity index (χ3n) is 4.41. The van der Waals surface area contributed by atoms with E-state index in [1.54, 1.807) is 19.1 Å². The van der Waals surface area contributed by atoms with Crippen LogP contribution in [0.15, 0.2) is 48.5 Å². The number of aromatic amines is 1. The predicted octanol–water partition coefficient (Wildman–Crippen LogP) is 4.72. The lowest BCUT2D eigenvalue weighted by atomic mass is 10.00. The van der Waals surface area contributed by atoms with Gasteiger partial charge in [-0.3, -0.25) is 0 Å². The Hall–Kier alpha value is -3.23. The van der Waals surface area contributed by atoms with E-state index in [1.807, 2.05) is 30.3 Å². The molecule has 2 heterocycles. The maximum absolute atomic E-state index is 12.2. The first-order chi connectivity index (χ1) is 14.5. The number of aromatic nitrogens is 4. The van der Waals surface area contributed by atoms with Gasteiger partial charge in [0.05, 0.1) is 17.0 Å². The number of halogens is 1. The SMILES string of the molecule is CCOC(=O)c1cc(O)cc(-c2cc(-c3nnn[nH]3)sc2Cc2ccc(Cl)cc2)c1. The van der Waals surface area contributed by atoms with Gasteiger partial charge < -0.3 is 9.84 Å². The number of hydrogen-bond acceptors (Lipinski definition) is 7. The maximum Gasteiger partial charge on any atom is 0.338 e. The average Bonchev–Trinajstić information content (AvgIpc) is 3.39. The van der Waals surface area contributed by atoms with E-state index in [9.17, 15) is 9.90 Å². The lowest BCUT2D eigenvalue weighted by Gasteiger charge is -2.08. The molecule has 0 aliphatic heterocycles. The fraction of sp³-hybridized carbons (Fsp3) is 0.143. The zero-order valence-electron chi connectivity index (χ0n) is 15.9. The quantitative estimate of drug-likeness (QED) is 0.420. The van der Waals surface area contributed by atoms with Crippen molar-refractivity contribution in [1.29, 1.82) is 0 Å². The number of carbonyl (C=O) groups excluding carboxylic acids is 1. The van der Waals surface area contributed by atoms with Gasteiger partial charge in [-0.1, -0.05) is 23.7 Å². The molecule has 0 unspecified atom stereocenters. The molecule has 0 radical (unpaired) electrons. The van der Waals surface area contributed by atoms with Crippen LogP contribution in [-0.4, -0.2) is 38.3 Å². The monoisotopic (exact) mass is 440 g/mol. The zero-order chi connectivity index (χ0) is 21.1. The van der Waals surface area contributed by atoms with Crippen LogP contribution in [0.4, 0.5) is 0 Å². The van der Waals surface area contributed by atoms with Crippen LogP contribution in [0.25, 0.3) is 21.8 Å². The molecule has 2 aromatic carbocycles. The zero-order valence-corrected chi connectivity index (χ0v) is 17.5. The minimum absolute atomic E-state index is 0.0120. The number of nitrogens with zero attached hydrogens (tertiary/aromatic N) is 3. The maximum atomic E-state index is 12.2. The summed E-state index contributed by atoms with van der Waals surface area (Å²) < 4.78 is 5.08. The van der Waals surface area contributed by atoms with E-state index in [2.05, 4.69) is 20.6 Å². The molecule has 0 saturated heterocycles. The molecule has 2 aromatic heterocycles. The molecule has 30 heavy (non-hydrogen) atoms. The van der Waals surface area contributed by atoms with Gasteiger partial charge in [-0.2, -0.15) is 0 Å². The number of aromatic hydroxyl groups is 1. The minimum atomic E-state index is -0.483. The Bertz CT molecular complexity index is 1170. The van der Waals surface area contributed by atoms with Crippen molar-refractivity contribution in [2.75, 3.05) is 6.61 Å². The van der Waals surface area contributed by atoms with Crippen molar-refractivity contribution >= 4 is 28.9 Å². The molecule has 0 atom stereocenters. The smallest absolute Gasteiger partial charge is 0.338 e. The van der Waals surface area contributed by atoms with Crippen LogP contribution < -0.4 is 0 Å². The van der Waals surface area contributed by atoms with Crippen molar-refractivity contribution in [3.05, 3.63) is 69.6 Å². The molecule has 4 rings (SSSR count). The van der Waals surface area contributed by atoms with Crippen LogP contribution >= 0.6 is 22.9 Å². The number of rotatable bonds is 6. The van der Waals surface area contributed by atoms with Gasteiger partial charge in [-0.05, 0) is 70.4 Å². The van der Waals surface area contributed by atoms with Crippen molar-refractivity contribution < 1.29 is 14.6 Å². The summed E-state index contributed by atoms with van der Waals surface area (Å²) in [5, 5.41) is 24.9. The second-order valence-electron chi connectivity index (χ2n) is 6.49. The summed E-state index contributed by atoms with van der Waals surface area (Å²) >= 11 is 7.55. The van der Waals surface area contributed by atoms with Gasteiger partial charge in [0, 0.05) is 16.3 Å². The highest BCUT2D eigenvalue weighted by atomic mass is 35.5. The first-order valence-corrected chi connectivity index (χ1v) is 10.4. The lowest BCUT2D eigenvalue weighted by Crippen LogP contribution is -2.04. The number of ether oxygens (including phenoxy) is 1. The standard InChI is InChI=1S/C21H17ClN4O3S/c1-2-29-21(28)14-8-13(9-16(27)10-14)17-11-19(20-23-25-26-24-20)30-18(17)7-12-3-5-15(22)6-4-12/h3-6,8-11,27H,2,7H2,1H3,(H,23,24,25,26). The summed E-state index contributed by atoms with van der Waals surface area (Å²) in [6.45, 7) is 2.00. The summed E-state index contributed by atoms with van der Waals surface area (Å²) in [5.74, 6) is 0.0558. The summed E-state index contributed by atoms with van der Waals surface area (Å²) in [6.07, 6.45) is 0.642. The van der Waals surface area contributed by atoms with E-state index in [-0.39, 0.29) is 12.4 Å². The summed E-state index contributed by atoms with van der Waals surface area (Å²) in [4.78, 5) is 14.1. The molecule has 0 aliphatic rings. The Morgan fingerprint density at radius 1 is 1.20 bits per heavy atom. The highest BCUT2D eigenvalue weighted by molar-refractivity contribution is 7.16. The van der Waals surface area contributed by atoms with E-state index in [0.29, 0.717) is 28.4 Å². The van der Waals surface area contributed by atoms with E-state index >= 15 is 0 Å². The second kappa shape index (κ2) is 8.64. The molecular weight excluding hydrogens is 424 g/mol. The van der Waals surface area contributed by atoms with E-state index in [1.165, 1.54) is 17.4 Å². The van der Waals surface area contributed by atoms with E-state index in [4.69, 9.17) is 16.3 Å². The van der Waals surface area contributed by atoms with Crippen molar-refractivity contribution in [1.82, 2.24) is 20.6 Å². The van der Waals surface area contributed by atoms with E-state index in [0.717, 1.165) is 20.9 Å². The molecule has 0 bridgehead atoms. The molecule has 0 saturated carbocycles. The Morgan fingerprint density at radius 3 is 2.70 bits per heavy atom. The van der Waals surface area contributed by atoms with Gasteiger partial charge >= 0.3 is 5.97 Å². The van der Waals surface area contributed by atoms with Crippen LogP contribution in [-0.2, 0) is 11.2 Å². The summed E-state index contributed by atoms with van der Waals surface area (Å²) in [5.41, 5.74) is 2.95. The van der Waals surface area contributed by atoms with Crippen molar-refractivity contribution in [3.8, 4) is 27.6 Å². The number of phenols is 1. The van der Waals surface area contributed by atoms with Gasteiger partial charge in [0.2, 0.25) is 0 Å². The molecule has 0 amide bonds. The fourth-order valence-corrected chi connectivity index (χ4v) is 4.35. The topological polar surface area (TPSA) is 101 Å². The van der Waals surface area contributed by atoms with Gasteiger partial charge in [0.1, 0.15) is 5.75 Å². The van der Waals surface area contributed by atoms with Crippen molar-refractivity contribution in [2.45, 2.75) is 13.3 Å². The number of thiophene rings is 1. The molecule has 4 aromatic rings. The molecule has 0 fully saturated rings. The van der Waals surface area contributed by atoms with Crippen molar-refractivity contribution in [3.63, 3.8) is 0 Å². The van der Waals surface area contributed by atoms with Crippen LogP contribution in [0.2, 0.25) is 5.02 Å². The Kier molecular flexibility index (Phi) is 5.78. The third kappa shape index (κ3) is 4.34. The predicted molar refractivity (Wildman–Crippen MR) is 115 cm³/mol. The lowest BCUT2D eigenvalue weighted by molar-refractivity contribution is 0.0526. The number of benzene rings is 2. The Balaban J connectivity index is 1.80. The molecule has 7 nitrogen and oxygen atoms in total. The first-order valence-electron chi connectivity index (χ1n) is 9.16. The van der Waals surface area contributed by atoms with E-state index < -0.39 is 5.97 Å². The molecule has 0 aliphatic carbocycles. The number of nitrogens with one attached hydrogen (secondary N) is 1. The highest BCUT2D eigenvalue weighted by Gasteiger charge is 2.18. The van der Waals surface area contributed by atoms with Gasteiger partial charge in [-0.25, -0.2) is 9.89 Å². The van der Waals surface area contributed by atoms with Gasteiger partial charge in [0.15, 0.2) is 5.82 Å². The second-order valence-corrected chi connectivity index (χ2v) is 8.06. The molecule has 2 N–H and O–H groups in total.